The van der Waals surface area contributed by atoms with Gasteiger partial charge < -0.3 is 4.74 Å². The van der Waals surface area contributed by atoms with E-state index in [-0.39, 0.29) is 5.97 Å². The van der Waals surface area contributed by atoms with E-state index in [4.69, 9.17) is 4.74 Å². The zero-order valence-electron chi connectivity index (χ0n) is 9.30. The summed E-state index contributed by atoms with van der Waals surface area (Å²) in [6, 6.07) is 0. The fourth-order valence-electron chi connectivity index (χ4n) is 1.42. The van der Waals surface area contributed by atoms with Gasteiger partial charge in [0.2, 0.25) is 0 Å². The van der Waals surface area contributed by atoms with E-state index < -0.39 is 5.54 Å². The third-order valence-corrected chi connectivity index (χ3v) is 2.36. The summed E-state index contributed by atoms with van der Waals surface area (Å²) in [7, 11) is 0. The first-order chi connectivity index (χ1) is 6.56. The first-order valence-electron chi connectivity index (χ1n) is 5.37. The Morgan fingerprint density at radius 1 is 1.29 bits per heavy atom. The van der Waals surface area contributed by atoms with Crippen LogP contribution in [0.5, 0.6) is 0 Å². The standard InChI is InChI=1S/C11H19NO2/c1-4-5-6-7-8-9-12-11(2,3)10(13)14-9/h4-8H2,1-3H3. The lowest BCUT2D eigenvalue weighted by Crippen LogP contribution is -2.25. The first kappa shape index (κ1) is 11.2. The maximum absolute atomic E-state index is 11.3. The number of unbranched alkanes of at least 4 members (excludes halogenated alkanes) is 3. The molecule has 0 aliphatic carbocycles. The van der Waals surface area contributed by atoms with Crippen LogP contribution in [0.1, 0.15) is 52.9 Å². The van der Waals surface area contributed by atoms with Gasteiger partial charge in [0.1, 0.15) is 0 Å². The fraction of sp³-hybridized carbons (Fsp3) is 0.818. The molecule has 0 aromatic rings. The predicted molar refractivity (Wildman–Crippen MR) is 56.4 cm³/mol. The van der Waals surface area contributed by atoms with E-state index >= 15 is 0 Å². The number of rotatable bonds is 5. The van der Waals surface area contributed by atoms with Crippen molar-refractivity contribution in [3.8, 4) is 0 Å². The molecule has 0 fully saturated rings. The molecule has 0 amide bonds. The number of hydrogen-bond donors (Lipinski definition) is 0. The molecule has 0 saturated carbocycles. The fourth-order valence-corrected chi connectivity index (χ4v) is 1.42. The van der Waals surface area contributed by atoms with Crippen LogP contribution >= 0.6 is 0 Å². The van der Waals surface area contributed by atoms with Gasteiger partial charge in [-0.25, -0.2) is 9.79 Å². The number of carbonyl (C=O) groups excluding carboxylic acids is 1. The van der Waals surface area contributed by atoms with Crippen LogP contribution in [0.3, 0.4) is 0 Å². The van der Waals surface area contributed by atoms with Crippen LogP contribution < -0.4 is 0 Å². The highest BCUT2D eigenvalue weighted by Crippen LogP contribution is 2.21. The van der Waals surface area contributed by atoms with Gasteiger partial charge in [0.05, 0.1) is 0 Å². The molecule has 0 saturated heterocycles. The summed E-state index contributed by atoms with van der Waals surface area (Å²) in [5.41, 5.74) is -0.653. The molecular weight excluding hydrogens is 178 g/mol. The third-order valence-electron chi connectivity index (χ3n) is 2.36. The molecular formula is C11H19NO2. The number of hydrogen-bond acceptors (Lipinski definition) is 3. The second-order valence-electron chi connectivity index (χ2n) is 4.26. The molecule has 1 rings (SSSR count). The quantitative estimate of drug-likeness (QED) is 0.502. The lowest BCUT2D eigenvalue weighted by Gasteiger charge is -2.05. The SMILES string of the molecule is CCCCCCC1=NC(C)(C)C(=O)O1. The van der Waals surface area contributed by atoms with Gasteiger partial charge in [0, 0.05) is 6.42 Å². The number of carbonyl (C=O) groups is 1. The largest absolute Gasteiger partial charge is 0.410 e. The van der Waals surface area contributed by atoms with E-state index in [1.54, 1.807) is 13.8 Å². The zero-order valence-corrected chi connectivity index (χ0v) is 9.30. The smallest absolute Gasteiger partial charge is 0.340 e. The summed E-state index contributed by atoms with van der Waals surface area (Å²) in [4.78, 5) is 15.5. The van der Waals surface area contributed by atoms with Crippen LogP contribution in [0.4, 0.5) is 0 Å². The highest BCUT2D eigenvalue weighted by molar-refractivity contribution is 5.99. The molecule has 0 radical (unpaired) electrons. The topological polar surface area (TPSA) is 38.7 Å². The van der Waals surface area contributed by atoms with Crippen LogP contribution in [0.15, 0.2) is 4.99 Å². The van der Waals surface area contributed by atoms with Crippen LogP contribution in [-0.4, -0.2) is 17.4 Å². The second kappa shape index (κ2) is 4.58. The summed E-state index contributed by atoms with van der Waals surface area (Å²) in [6.45, 7) is 5.75. The average molecular weight is 197 g/mol. The van der Waals surface area contributed by atoms with Crippen molar-refractivity contribution in [3.05, 3.63) is 0 Å². The van der Waals surface area contributed by atoms with Gasteiger partial charge in [-0.1, -0.05) is 26.2 Å². The monoisotopic (exact) mass is 197 g/mol. The molecule has 1 aliphatic heterocycles. The van der Waals surface area contributed by atoms with Gasteiger partial charge in [0.25, 0.3) is 0 Å². The molecule has 3 nitrogen and oxygen atoms in total. The molecule has 80 valence electrons. The zero-order chi connectivity index (χ0) is 10.6. The van der Waals surface area contributed by atoms with Crippen molar-refractivity contribution in [2.45, 2.75) is 58.4 Å². The Balaban J connectivity index is 2.30. The highest BCUT2D eigenvalue weighted by atomic mass is 16.6. The van der Waals surface area contributed by atoms with E-state index in [9.17, 15) is 4.79 Å². The van der Waals surface area contributed by atoms with Gasteiger partial charge in [0.15, 0.2) is 11.4 Å². The molecule has 14 heavy (non-hydrogen) atoms. The Bertz CT molecular complexity index is 244. The Morgan fingerprint density at radius 2 is 2.00 bits per heavy atom. The van der Waals surface area contributed by atoms with E-state index in [0.717, 1.165) is 12.8 Å². The van der Waals surface area contributed by atoms with Crippen molar-refractivity contribution in [1.82, 2.24) is 0 Å². The van der Waals surface area contributed by atoms with Gasteiger partial charge in [-0.05, 0) is 20.3 Å². The average Bonchev–Trinajstić information content (AvgIpc) is 2.35. The van der Waals surface area contributed by atoms with Crippen molar-refractivity contribution in [2.75, 3.05) is 0 Å². The number of ether oxygens (including phenoxy) is 1. The molecule has 0 spiro atoms. The summed E-state index contributed by atoms with van der Waals surface area (Å²) < 4.78 is 5.07. The number of cyclic esters (lactones) is 1. The first-order valence-corrected chi connectivity index (χ1v) is 5.37. The van der Waals surface area contributed by atoms with Gasteiger partial charge >= 0.3 is 5.97 Å². The molecule has 0 N–H and O–H groups in total. The maximum Gasteiger partial charge on any atom is 0.340 e. The maximum atomic E-state index is 11.3. The van der Waals surface area contributed by atoms with Crippen molar-refractivity contribution in [2.24, 2.45) is 4.99 Å². The minimum absolute atomic E-state index is 0.219. The van der Waals surface area contributed by atoms with Crippen molar-refractivity contribution in [1.29, 1.82) is 0 Å². The number of nitrogens with zero attached hydrogens (tertiary/aromatic N) is 1. The van der Waals surface area contributed by atoms with E-state index in [1.807, 2.05) is 0 Å². The molecule has 1 aliphatic rings. The Labute approximate surface area is 85.6 Å². The molecule has 0 bridgehead atoms. The number of aliphatic imine (C=N–C) groups is 1. The van der Waals surface area contributed by atoms with Gasteiger partial charge in [-0.2, -0.15) is 0 Å². The molecule has 0 aromatic heterocycles. The van der Waals surface area contributed by atoms with E-state index in [2.05, 4.69) is 11.9 Å². The Kier molecular flexibility index (Phi) is 3.67. The second-order valence-corrected chi connectivity index (χ2v) is 4.26. The lowest BCUT2D eigenvalue weighted by atomic mass is 10.1. The van der Waals surface area contributed by atoms with Crippen molar-refractivity contribution in [3.63, 3.8) is 0 Å². The van der Waals surface area contributed by atoms with Crippen LogP contribution in [0.25, 0.3) is 0 Å². The van der Waals surface area contributed by atoms with Crippen molar-refractivity contribution >= 4 is 11.9 Å². The molecule has 3 heteroatoms. The summed E-state index contributed by atoms with van der Waals surface area (Å²) >= 11 is 0. The predicted octanol–water partition coefficient (Wildman–Crippen LogP) is 2.69. The lowest BCUT2D eigenvalue weighted by molar-refractivity contribution is -0.138. The van der Waals surface area contributed by atoms with Crippen LogP contribution in [0, 0.1) is 0 Å². The Hall–Kier alpha value is -0.860. The van der Waals surface area contributed by atoms with Crippen molar-refractivity contribution < 1.29 is 9.53 Å². The summed E-state index contributed by atoms with van der Waals surface area (Å²) in [5, 5.41) is 0. The van der Waals surface area contributed by atoms with Crippen LogP contribution in [-0.2, 0) is 9.53 Å². The third kappa shape index (κ3) is 2.82. The van der Waals surface area contributed by atoms with E-state index in [0.29, 0.717) is 5.90 Å². The van der Waals surface area contributed by atoms with Gasteiger partial charge in [-0.3, -0.25) is 0 Å². The minimum atomic E-state index is -0.653. The minimum Gasteiger partial charge on any atom is -0.410 e. The highest BCUT2D eigenvalue weighted by Gasteiger charge is 2.36. The summed E-state index contributed by atoms with van der Waals surface area (Å²) in [5.74, 6) is 0.402. The Morgan fingerprint density at radius 3 is 2.50 bits per heavy atom. The number of esters is 1. The van der Waals surface area contributed by atoms with Gasteiger partial charge in [-0.15, -0.1) is 0 Å². The molecule has 0 aromatic carbocycles. The van der Waals surface area contributed by atoms with E-state index in [1.165, 1.54) is 19.3 Å². The molecule has 0 unspecified atom stereocenters. The van der Waals surface area contributed by atoms with Crippen LogP contribution in [0.2, 0.25) is 0 Å². The summed E-state index contributed by atoms with van der Waals surface area (Å²) in [6.07, 6.45) is 5.51. The molecule has 1 heterocycles. The molecule has 0 atom stereocenters. The normalized spacial score (nSPS) is 19.4.